The maximum Gasteiger partial charge on any atom is 0.256 e. The smallest absolute Gasteiger partial charge is 0.256 e. The number of hydrogen-bond acceptors (Lipinski definition) is 21. The van der Waals surface area contributed by atoms with Gasteiger partial charge in [0.25, 0.3) is 11.8 Å². The minimum atomic E-state index is -3.95. The topological polar surface area (TPSA) is 316 Å². The van der Waals surface area contributed by atoms with Crippen LogP contribution < -0.4 is 31.4 Å². The van der Waals surface area contributed by atoms with E-state index in [2.05, 4.69) is 34.8 Å². The Labute approximate surface area is 568 Å². The lowest BCUT2D eigenvalue weighted by Crippen LogP contribution is -2.66. The van der Waals surface area contributed by atoms with Gasteiger partial charge in [-0.15, -0.1) is 0 Å². The van der Waals surface area contributed by atoms with Gasteiger partial charge in [-0.05, 0) is 163 Å². The standard InChI is InChI=1S/C23H25FN4O4S.2C22H24F3N3O4S/c1-21(2)12-18-23(13-31-21,28-20(25)22(3,4)33(18,29)30)16-11-15(6-7-17(16)24)32-19-10-14(26-5)8-9-27-19;1-20(2)9-17-22(11-31-20,28-19(26)21(3,4)33(17,29)30)14-8-13(5-6-15(14)24)32-16-7-12(23)10-27-18(16)25;1-20(2)9-17-22(11-31-20,28-19(26)21(3,4)33(17,29)30)14-8-13(5-6-15(14)24)32-18-16(25)7-12(23)10-27-18/h6-11,18H,12-13H2,1-4H3,(H2,25,28);2*5-8,10,17H,9,11H2,1-4H3,(H2,26,28)/t18-,23-;2*17-,22-/m111/s1. The normalized spacial score (nSPS) is 27.3. The highest BCUT2D eigenvalue weighted by molar-refractivity contribution is 7.95. The summed E-state index contributed by atoms with van der Waals surface area (Å²) in [6, 6.07) is 15.3. The van der Waals surface area contributed by atoms with Crippen LogP contribution >= 0.6 is 0 Å². The predicted molar refractivity (Wildman–Crippen MR) is 352 cm³/mol. The van der Waals surface area contributed by atoms with E-state index in [1.807, 2.05) is 0 Å². The van der Waals surface area contributed by atoms with Crippen molar-refractivity contribution < 1.29 is 84.4 Å². The molecule has 22 nitrogen and oxygen atoms in total. The zero-order chi connectivity index (χ0) is 73.0. The Balaban J connectivity index is 0.000000161. The molecule has 9 heterocycles. The fraction of sp³-hybridized carbons (Fsp3) is 0.448. The van der Waals surface area contributed by atoms with Crippen LogP contribution in [-0.4, -0.2) is 124 Å². The highest BCUT2D eigenvalue weighted by Crippen LogP contribution is 2.54. The van der Waals surface area contributed by atoms with Crippen LogP contribution in [0.1, 0.15) is 119 Å². The molecule has 32 heteroatoms. The van der Waals surface area contributed by atoms with Gasteiger partial charge in [0.15, 0.2) is 46.8 Å². The molecule has 6 N–H and O–H groups in total. The fourth-order valence-corrected chi connectivity index (χ4v) is 19.9. The van der Waals surface area contributed by atoms with E-state index in [1.165, 1.54) is 102 Å². The van der Waals surface area contributed by atoms with Gasteiger partial charge in [-0.1, -0.05) is 0 Å². The van der Waals surface area contributed by atoms with Gasteiger partial charge in [0, 0.05) is 41.1 Å². The van der Waals surface area contributed by atoms with Gasteiger partial charge in [-0.2, -0.15) is 4.39 Å². The summed E-state index contributed by atoms with van der Waals surface area (Å²) >= 11 is 0. The molecule has 3 fully saturated rings. The Morgan fingerprint density at radius 3 is 1.21 bits per heavy atom. The van der Waals surface area contributed by atoms with E-state index in [0.29, 0.717) is 18.0 Å². The lowest BCUT2D eigenvalue weighted by Gasteiger charge is -2.51. The van der Waals surface area contributed by atoms with Crippen LogP contribution in [0.25, 0.3) is 4.85 Å². The summed E-state index contributed by atoms with van der Waals surface area (Å²) in [5, 5.41) is -3.33. The van der Waals surface area contributed by atoms with Gasteiger partial charge in [0.05, 0.1) is 71.3 Å². The average molecular weight is 1440 g/mol. The summed E-state index contributed by atoms with van der Waals surface area (Å²) in [7, 11) is -11.8. The highest BCUT2D eigenvalue weighted by atomic mass is 32.2. The summed E-state index contributed by atoms with van der Waals surface area (Å²) in [5.41, 5.74) is 11.2. The van der Waals surface area contributed by atoms with Gasteiger partial charge in [-0.25, -0.2) is 71.4 Å². The van der Waals surface area contributed by atoms with Crippen LogP contribution in [0.15, 0.2) is 112 Å². The van der Waals surface area contributed by atoms with Gasteiger partial charge in [0.1, 0.15) is 94.7 Å². The molecule has 0 unspecified atom stereocenters. The van der Waals surface area contributed by atoms with Crippen LogP contribution in [0.3, 0.4) is 0 Å². The maximum absolute atomic E-state index is 15.3. The largest absolute Gasteiger partial charge is 0.452 e. The summed E-state index contributed by atoms with van der Waals surface area (Å²) in [4.78, 5) is 27.8. The molecule has 3 aromatic carbocycles. The van der Waals surface area contributed by atoms with E-state index >= 15 is 13.2 Å². The summed E-state index contributed by atoms with van der Waals surface area (Å²) < 4.78 is 212. The quantitative estimate of drug-likeness (QED) is 0.0688. The van der Waals surface area contributed by atoms with Crippen LogP contribution in [0.2, 0.25) is 0 Å². The van der Waals surface area contributed by atoms with Crippen molar-refractivity contribution in [3.8, 4) is 34.8 Å². The zero-order valence-corrected chi connectivity index (χ0v) is 58.3. The molecule has 0 aliphatic carbocycles. The molecule has 99 heavy (non-hydrogen) atoms. The zero-order valence-electron chi connectivity index (χ0n) is 55.8. The Morgan fingerprint density at radius 2 is 0.828 bits per heavy atom. The van der Waals surface area contributed by atoms with E-state index in [1.54, 1.807) is 41.5 Å². The number of hydrogen-bond donors (Lipinski definition) is 3. The molecule has 0 amide bonds. The Morgan fingerprint density at radius 1 is 0.465 bits per heavy atom. The second-order valence-corrected chi connectivity index (χ2v) is 36.3. The van der Waals surface area contributed by atoms with E-state index in [9.17, 15) is 42.8 Å². The van der Waals surface area contributed by atoms with Crippen molar-refractivity contribution in [2.45, 2.75) is 166 Å². The molecular weight excluding hydrogens is 1370 g/mol. The van der Waals surface area contributed by atoms with Crippen molar-refractivity contribution in [3.63, 3.8) is 0 Å². The molecule has 3 aromatic heterocycles. The number of amidine groups is 3. The Hall–Kier alpha value is -8.35. The molecular formula is C67H73F7N10O12S3. The second-order valence-electron chi connectivity index (χ2n) is 28.2. The molecule has 12 rings (SSSR count). The van der Waals surface area contributed by atoms with Crippen molar-refractivity contribution in [3.05, 3.63) is 166 Å². The fourth-order valence-electron chi connectivity index (χ4n) is 12.7. The molecule has 0 saturated carbocycles. The van der Waals surface area contributed by atoms with Crippen molar-refractivity contribution in [2.75, 3.05) is 19.8 Å². The van der Waals surface area contributed by atoms with Crippen molar-refractivity contribution in [2.24, 2.45) is 32.2 Å². The highest BCUT2D eigenvalue weighted by Gasteiger charge is 2.66. The first-order valence-corrected chi connectivity index (χ1v) is 35.4. The first-order chi connectivity index (χ1) is 45.7. The van der Waals surface area contributed by atoms with Crippen molar-refractivity contribution in [1.29, 1.82) is 0 Å². The number of sulfone groups is 3. The molecule has 530 valence electrons. The monoisotopic (exact) mass is 1440 g/mol. The number of aliphatic imine (C=N–C) groups is 3. The van der Waals surface area contributed by atoms with Crippen LogP contribution in [-0.2, 0) is 60.3 Å². The van der Waals surface area contributed by atoms with E-state index in [4.69, 9.17) is 52.2 Å². The van der Waals surface area contributed by atoms with Crippen LogP contribution in [0.5, 0.6) is 34.8 Å². The van der Waals surface area contributed by atoms with Crippen LogP contribution in [0, 0.1) is 47.4 Å². The van der Waals surface area contributed by atoms with Gasteiger partial charge in [0.2, 0.25) is 5.88 Å². The molecule has 6 aliphatic heterocycles. The Kier molecular flexibility index (Phi) is 18.6. The molecule has 6 atom stereocenters. The van der Waals surface area contributed by atoms with E-state index in [-0.39, 0.29) is 96.4 Å². The third-order valence-electron chi connectivity index (χ3n) is 19.0. The number of ether oxygens (including phenoxy) is 6. The molecule has 6 aromatic rings. The summed E-state index contributed by atoms with van der Waals surface area (Å²) in [6.45, 7) is 25.9. The lowest BCUT2D eigenvalue weighted by atomic mass is 9.79. The van der Waals surface area contributed by atoms with Crippen LogP contribution in [0.4, 0.5) is 36.4 Å². The first-order valence-electron chi connectivity index (χ1n) is 30.8. The predicted octanol–water partition coefficient (Wildman–Crippen LogP) is 11.1. The SMILES string of the molecule is CC1(C)C[C@@H]2[C@](c3cc(Oc4cc(F)cnc4F)ccc3F)(CO1)N=C(N)C(C)(C)S2(=O)=O.CC1(C)C[C@@H]2[C@](c3cc(Oc4ncc(F)cc4F)ccc3F)(CO1)N=C(N)C(C)(C)S2(=O)=O.[C-]#[N+]c1ccnc(Oc2ccc(F)c([C@]34COC(C)(C)C[C@H]3S(=O)(=O)C(C)(C)C(N)=N4)c2)c1. The number of nitrogens with zero attached hydrogens (tertiary/aromatic N) is 7. The van der Waals surface area contributed by atoms with Gasteiger partial charge >= 0.3 is 0 Å². The number of rotatable bonds is 9. The van der Waals surface area contributed by atoms with Crippen molar-refractivity contribution >= 4 is 52.7 Å². The molecule has 0 radical (unpaired) electrons. The minimum Gasteiger partial charge on any atom is -0.452 e. The van der Waals surface area contributed by atoms with Crippen molar-refractivity contribution in [1.82, 2.24) is 15.0 Å². The van der Waals surface area contributed by atoms with E-state index in [0.717, 1.165) is 24.4 Å². The van der Waals surface area contributed by atoms with Gasteiger partial charge in [-0.3, -0.25) is 15.0 Å². The molecule has 6 aliphatic rings. The number of pyridine rings is 3. The number of aromatic nitrogens is 3. The summed E-state index contributed by atoms with van der Waals surface area (Å²) in [6.07, 6.45) is 3.11. The summed E-state index contributed by atoms with van der Waals surface area (Å²) in [5.74, 6) is -7.21. The number of halogens is 7. The lowest BCUT2D eigenvalue weighted by molar-refractivity contribution is -0.0857. The van der Waals surface area contributed by atoms with Gasteiger partial charge < -0.3 is 45.6 Å². The number of benzene rings is 3. The maximum atomic E-state index is 15.3. The number of nitrogens with two attached hydrogens (primary N) is 3. The first kappa shape index (κ1) is 73.4. The third-order valence-corrected chi connectivity index (χ3v) is 27.8. The molecule has 3 saturated heterocycles. The molecule has 0 spiro atoms. The minimum absolute atomic E-state index is 0.0175. The third kappa shape index (κ3) is 12.9. The molecule has 0 bridgehead atoms. The average Bonchev–Trinajstić information content (AvgIpc) is 0.712. The number of fused-ring (bicyclic) bond motifs is 3. The Bertz CT molecular complexity index is 4760. The second kappa shape index (κ2) is 25.1. The van der Waals surface area contributed by atoms with E-state index < -0.39 is 145 Å².